The van der Waals surface area contributed by atoms with Crippen LogP contribution >= 0.6 is 11.3 Å². The molecule has 1 heterocycles. The molecule has 22 heavy (non-hydrogen) atoms. The molecular formula is C17H19NO3S. The minimum Gasteiger partial charge on any atom is -0.496 e. The van der Waals surface area contributed by atoms with Gasteiger partial charge in [0.05, 0.1) is 18.6 Å². The number of rotatable bonds is 7. The fourth-order valence-electron chi connectivity index (χ4n) is 2.05. The highest BCUT2D eigenvalue weighted by Crippen LogP contribution is 2.27. The molecule has 0 fully saturated rings. The van der Waals surface area contributed by atoms with Crippen LogP contribution in [0.25, 0.3) is 12.2 Å². The molecule has 0 amide bonds. The van der Waals surface area contributed by atoms with Crippen LogP contribution in [0.15, 0.2) is 30.3 Å². The SMILES string of the molecule is COc1cc(N(C)CCO)ccc1C=Cc1ccc(C=O)s1. The number of likely N-dealkylation sites (N-methyl/N-ethyl adjacent to an activating group) is 1. The zero-order valence-electron chi connectivity index (χ0n) is 12.7. The third-order valence-electron chi connectivity index (χ3n) is 3.28. The van der Waals surface area contributed by atoms with Gasteiger partial charge in [-0.15, -0.1) is 11.3 Å². The van der Waals surface area contributed by atoms with Gasteiger partial charge in [-0.05, 0) is 36.4 Å². The Morgan fingerprint density at radius 2 is 2.00 bits per heavy atom. The molecule has 0 saturated carbocycles. The zero-order chi connectivity index (χ0) is 15.9. The Labute approximate surface area is 134 Å². The Balaban J connectivity index is 2.21. The van der Waals surface area contributed by atoms with E-state index >= 15 is 0 Å². The largest absolute Gasteiger partial charge is 0.496 e. The zero-order valence-corrected chi connectivity index (χ0v) is 13.5. The van der Waals surface area contributed by atoms with Crippen LogP contribution in [0.2, 0.25) is 0 Å². The topological polar surface area (TPSA) is 49.8 Å². The standard InChI is InChI=1S/C17H19NO3S/c1-18(9-10-19)14-5-3-13(17(11-14)21-2)4-6-15-7-8-16(12-20)22-15/h3-8,11-12,19H,9-10H2,1-2H3. The molecule has 1 aromatic carbocycles. The van der Waals surface area contributed by atoms with Crippen LogP contribution in [0.3, 0.4) is 0 Å². The van der Waals surface area contributed by atoms with Crippen molar-refractivity contribution in [1.82, 2.24) is 0 Å². The van der Waals surface area contributed by atoms with Gasteiger partial charge < -0.3 is 14.7 Å². The number of carbonyl (C=O) groups is 1. The summed E-state index contributed by atoms with van der Waals surface area (Å²) in [5, 5.41) is 9.00. The number of hydrogen-bond acceptors (Lipinski definition) is 5. The van der Waals surface area contributed by atoms with E-state index in [-0.39, 0.29) is 6.61 Å². The van der Waals surface area contributed by atoms with Gasteiger partial charge in [0.1, 0.15) is 5.75 Å². The molecule has 0 spiro atoms. The van der Waals surface area contributed by atoms with E-state index in [4.69, 9.17) is 9.84 Å². The van der Waals surface area contributed by atoms with Crippen LogP contribution in [0.1, 0.15) is 20.1 Å². The van der Waals surface area contributed by atoms with Crippen molar-refractivity contribution in [2.75, 3.05) is 32.2 Å². The number of aliphatic hydroxyl groups excluding tert-OH is 1. The lowest BCUT2D eigenvalue weighted by molar-refractivity contribution is 0.112. The van der Waals surface area contributed by atoms with E-state index in [0.717, 1.165) is 28.2 Å². The number of aliphatic hydroxyl groups is 1. The average molecular weight is 317 g/mol. The molecule has 4 nitrogen and oxygen atoms in total. The number of ether oxygens (including phenoxy) is 1. The van der Waals surface area contributed by atoms with Gasteiger partial charge in [-0.2, -0.15) is 0 Å². The first-order valence-electron chi connectivity index (χ1n) is 6.91. The van der Waals surface area contributed by atoms with E-state index in [2.05, 4.69) is 0 Å². The lowest BCUT2D eigenvalue weighted by Gasteiger charge is -2.19. The molecule has 2 aromatic rings. The molecule has 0 radical (unpaired) electrons. The van der Waals surface area contributed by atoms with Crippen molar-refractivity contribution >= 4 is 35.5 Å². The van der Waals surface area contributed by atoms with Gasteiger partial charge in [0, 0.05) is 35.8 Å². The van der Waals surface area contributed by atoms with E-state index in [1.807, 2.05) is 54.4 Å². The van der Waals surface area contributed by atoms with Crippen LogP contribution in [0.5, 0.6) is 5.75 Å². The summed E-state index contributed by atoms with van der Waals surface area (Å²) >= 11 is 1.45. The van der Waals surface area contributed by atoms with Crippen molar-refractivity contribution in [3.8, 4) is 5.75 Å². The number of hydrogen-bond donors (Lipinski definition) is 1. The Morgan fingerprint density at radius 1 is 1.23 bits per heavy atom. The molecule has 0 saturated heterocycles. The molecule has 0 unspecified atom stereocenters. The number of aldehydes is 1. The third-order valence-corrected chi connectivity index (χ3v) is 4.26. The molecule has 0 aliphatic rings. The van der Waals surface area contributed by atoms with E-state index in [1.54, 1.807) is 7.11 Å². The third kappa shape index (κ3) is 3.96. The summed E-state index contributed by atoms with van der Waals surface area (Å²) < 4.78 is 5.44. The summed E-state index contributed by atoms with van der Waals surface area (Å²) in [4.78, 5) is 14.4. The van der Waals surface area contributed by atoms with Crippen molar-refractivity contribution in [3.05, 3.63) is 45.6 Å². The smallest absolute Gasteiger partial charge is 0.160 e. The van der Waals surface area contributed by atoms with Gasteiger partial charge in [-0.1, -0.05) is 0 Å². The molecule has 5 heteroatoms. The first-order valence-corrected chi connectivity index (χ1v) is 7.72. The van der Waals surface area contributed by atoms with Gasteiger partial charge in [0.25, 0.3) is 0 Å². The second-order valence-corrected chi connectivity index (χ2v) is 5.91. The molecule has 0 aliphatic carbocycles. The summed E-state index contributed by atoms with van der Waals surface area (Å²) in [6.45, 7) is 0.680. The van der Waals surface area contributed by atoms with Gasteiger partial charge in [-0.3, -0.25) is 4.79 Å². The molecule has 2 rings (SSSR count). The van der Waals surface area contributed by atoms with Crippen molar-refractivity contribution in [2.24, 2.45) is 0 Å². The minimum atomic E-state index is 0.109. The molecule has 0 aliphatic heterocycles. The number of benzene rings is 1. The molecule has 0 bridgehead atoms. The Hall–Kier alpha value is -2.11. The summed E-state index contributed by atoms with van der Waals surface area (Å²) in [6.07, 6.45) is 4.79. The number of nitrogens with zero attached hydrogens (tertiary/aromatic N) is 1. The average Bonchev–Trinajstić information content (AvgIpc) is 3.01. The molecule has 116 valence electrons. The monoisotopic (exact) mass is 317 g/mol. The lowest BCUT2D eigenvalue weighted by atomic mass is 10.1. The maximum absolute atomic E-state index is 10.7. The van der Waals surface area contributed by atoms with Gasteiger partial charge in [0.2, 0.25) is 0 Å². The van der Waals surface area contributed by atoms with Crippen molar-refractivity contribution < 1.29 is 14.6 Å². The van der Waals surface area contributed by atoms with E-state index < -0.39 is 0 Å². The quantitative estimate of drug-likeness (QED) is 0.797. The molecule has 1 aromatic heterocycles. The van der Waals surface area contributed by atoms with Gasteiger partial charge in [-0.25, -0.2) is 0 Å². The normalized spacial score (nSPS) is 10.9. The maximum Gasteiger partial charge on any atom is 0.160 e. The predicted octanol–water partition coefficient (Wildman–Crippen LogP) is 3.17. The highest BCUT2D eigenvalue weighted by molar-refractivity contribution is 7.14. The van der Waals surface area contributed by atoms with Crippen LogP contribution in [0, 0.1) is 0 Å². The fraction of sp³-hybridized carbons (Fsp3) is 0.235. The second kappa shape index (κ2) is 7.77. The first-order chi connectivity index (χ1) is 10.7. The molecule has 0 atom stereocenters. The van der Waals surface area contributed by atoms with Crippen LogP contribution < -0.4 is 9.64 Å². The van der Waals surface area contributed by atoms with Crippen molar-refractivity contribution in [3.63, 3.8) is 0 Å². The fourth-order valence-corrected chi connectivity index (χ4v) is 2.78. The first kappa shape index (κ1) is 16.3. The summed E-state index contributed by atoms with van der Waals surface area (Å²) in [5.41, 5.74) is 1.95. The summed E-state index contributed by atoms with van der Waals surface area (Å²) in [7, 11) is 3.56. The Bertz CT molecular complexity index is 664. The highest BCUT2D eigenvalue weighted by Gasteiger charge is 2.05. The lowest BCUT2D eigenvalue weighted by Crippen LogP contribution is -2.21. The van der Waals surface area contributed by atoms with Crippen LogP contribution in [0.4, 0.5) is 5.69 Å². The summed E-state index contributed by atoms with van der Waals surface area (Å²) in [5.74, 6) is 0.769. The highest BCUT2D eigenvalue weighted by atomic mass is 32.1. The van der Waals surface area contributed by atoms with E-state index in [1.165, 1.54) is 11.3 Å². The molecule has 1 N–H and O–H groups in total. The number of thiophene rings is 1. The summed E-state index contributed by atoms with van der Waals surface area (Å²) in [6, 6.07) is 9.64. The van der Waals surface area contributed by atoms with Gasteiger partial charge in [0.15, 0.2) is 6.29 Å². The number of anilines is 1. The van der Waals surface area contributed by atoms with Crippen LogP contribution in [-0.4, -0.2) is 38.7 Å². The van der Waals surface area contributed by atoms with E-state index in [0.29, 0.717) is 11.4 Å². The molecular weight excluding hydrogens is 298 g/mol. The van der Waals surface area contributed by atoms with Crippen LogP contribution in [-0.2, 0) is 0 Å². The Morgan fingerprint density at radius 3 is 2.64 bits per heavy atom. The maximum atomic E-state index is 10.7. The minimum absolute atomic E-state index is 0.109. The number of carbonyl (C=O) groups excluding carboxylic acids is 1. The van der Waals surface area contributed by atoms with E-state index in [9.17, 15) is 4.79 Å². The Kier molecular flexibility index (Phi) is 5.75. The van der Waals surface area contributed by atoms with Gasteiger partial charge >= 0.3 is 0 Å². The second-order valence-electron chi connectivity index (χ2n) is 4.76. The van der Waals surface area contributed by atoms with Crippen molar-refractivity contribution in [2.45, 2.75) is 0 Å². The number of methoxy groups -OCH3 is 1. The van der Waals surface area contributed by atoms with Crippen molar-refractivity contribution in [1.29, 1.82) is 0 Å². The predicted molar refractivity (Wildman–Crippen MR) is 92.0 cm³/mol.